The lowest BCUT2D eigenvalue weighted by Gasteiger charge is -2.24. The van der Waals surface area contributed by atoms with E-state index in [9.17, 15) is 14.4 Å². The number of benzene rings is 4. The highest BCUT2D eigenvalue weighted by molar-refractivity contribution is 6.30. The van der Waals surface area contributed by atoms with Gasteiger partial charge in [-0.15, -0.1) is 0 Å². The smallest absolute Gasteiger partial charge is 0.319 e. The maximum atomic E-state index is 13.8. The summed E-state index contributed by atoms with van der Waals surface area (Å²) in [6.07, 6.45) is 0.441. The molecule has 0 aromatic heterocycles. The van der Waals surface area contributed by atoms with Crippen LogP contribution in [0.4, 0.5) is 10.5 Å². The zero-order chi connectivity index (χ0) is 32.0. The number of halogens is 1. The van der Waals surface area contributed by atoms with Crippen LogP contribution in [-0.4, -0.2) is 36.5 Å². The Morgan fingerprint density at radius 2 is 1.29 bits per heavy atom. The monoisotopic (exact) mass is 627 g/mol. The van der Waals surface area contributed by atoms with Crippen LogP contribution in [0.5, 0.6) is 5.75 Å². The van der Waals surface area contributed by atoms with E-state index in [-0.39, 0.29) is 25.3 Å². The molecule has 4 rings (SSSR count). The molecule has 4 aromatic carbocycles. The molecule has 2 atom stereocenters. The molecular weight excluding hydrogens is 590 g/mol. The van der Waals surface area contributed by atoms with Crippen molar-refractivity contribution in [3.05, 3.63) is 130 Å². The first-order chi connectivity index (χ1) is 21.8. The number of hydrogen-bond donors (Lipinski definition) is 5. The molecule has 6 N–H and O–H groups in total. The van der Waals surface area contributed by atoms with Gasteiger partial charge in [0.2, 0.25) is 11.8 Å². The van der Waals surface area contributed by atoms with E-state index in [2.05, 4.69) is 21.3 Å². The molecule has 4 amide bonds. The molecule has 0 saturated heterocycles. The molecule has 0 saturated carbocycles. The second-order valence-corrected chi connectivity index (χ2v) is 10.9. The van der Waals surface area contributed by atoms with Gasteiger partial charge >= 0.3 is 6.03 Å². The third kappa shape index (κ3) is 10.7. The number of anilines is 1. The Balaban J connectivity index is 1.51. The minimum atomic E-state index is -0.995. The number of nitrogens with one attached hydrogen (secondary N) is 4. The number of hydrogen-bond acceptors (Lipinski definition) is 5. The molecule has 45 heavy (non-hydrogen) atoms. The average molecular weight is 628 g/mol. The van der Waals surface area contributed by atoms with Gasteiger partial charge in [0.15, 0.2) is 0 Å². The molecule has 10 heteroatoms. The Hall–Kier alpha value is -4.86. The van der Waals surface area contributed by atoms with Crippen LogP contribution in [0.15, 0.2) is 103 Å². The summed E-state index contributed by atoms with van der Waals surface area (Å²) < 4.78 is 5.54. The minimum Gasteiger partial charge on any atom is -0.494 e. The topological polar surface area (TPSA) is 135 Å². The third-order valence-corrected chi connectivity index (χ3v) is 7.29. The number of ether oxygens (including phenoxy) is 1. The summed E-state index contributed by atoms with van der Waals surface area (Å²) in [5.74, 6) is -0.146. The van der Waals surface area contributed by atoms with Crippen molar-refractivity contribution in [1.29, 1.82) is 0 Å². The molecule has 0 aliphatic rings. The van der Waals surface area contributed by atoms with Crippen molar-refractivity contribution in [1.82, 2.24) is 16.0 Å². The zero-order valence-corrected chi connectivity index (χ0v) is 25.8. The minimum absolute atomic E-state index is 0.180. The van der Waals surface area contributed by atoms with Crippen molar-refractivity contribution in [2.24, 2.45) is 5.73 Å². The van der Waals surface area contributed by atoms with Gasteiger partial charge in [0.1, 0.15) is 17.8 Å². The van der Waals surface area contributed by atoms with Crippen LogP contribution >= 0.6 is 11.6 Å². The lowest BCUT2D eigenvalue weighted by molar-refractivity contribution is -0.130. The van der Waals surface area contributed by atoms with Gasteiger partial charge in [-0.25, -0.2) is 4.79 Å². The van der Waals surface area contributed by atoms with Crippen molar-refractivity contribution in [2.75, 3.05) is 11.9 Å². The summed E-state index contributed by atoms with van der Waals surface area (Å²) in [7, 11) is 0. The van der Waals surface area contributed by atoms with Gasteiger partial charge in [0.25, 0.3) is 0 Å². The number of carbonyl (C=O) groups is 3. The molecule has 0 fully saturated rings. The Labute approximate surface area is 268 Å². The van der Waals surface area contributed by atoms with Crippen LogP contribution in [0.25, 0.3) is 0 Å². The average Bonchev–Trinajstić information content (AvgIpc) is 3.05. The normalized spacial score (nSPS) is 12.0. The van der Waals surface area contributed by atoms with Gasteiger partial charge in [-0.05, 0) is 65.6 Å². The molecule has 234 valence electrons. The first-order valence-electron chi connectivity index (χ1n) is 14.8. The Morgan fingerprint density at radius 3 is 1.91 bits per heavy atom. The first kappa shape index (κ1) is 33.0. The van der Waals surface area contributed by atoms with Gasteiger partial charge in [0, 0.05) is 36.6 Å². The molecule has 4 aromatic rings. The molecule has 0 aliphatic heterocycles. The molecule has 0 radical (unpaired) electrons. The summed E-state index contributed by atoms with van der Waals surface area (Å²) >= 11 is 5.97. The molecule has 1 unspecified atom stereocenters. The molecule has 0 spiro atoms. The Bertz CT molecular complexity index is 1530. The van der Waals surface area contributed by atoms with Crippen molar-refractivity contribution in [3.63, 3.8) is 0 Å². The second kappa shape index (κ2) is 16.8. The fourth-order valence-electron chi connectivity index (χ4n) is 4.63. The van der Waals surface area contributed by atoms with Crippen molar-refractivity contribution < 1.29 is 19.1 Å². The van der Waals surface area contributed by atoms with E-state index in [1.807, 2.05) is 85.8 Å². The van der Waals surface area contributed by atoms with E-state index in [4.69, 9.17) is 22.1 Å². The second-order valence-electron chi connectivity index (χ2n) is 10.4. The van der Waals surface area contributed by atoms with Gasteiger partial charge in [-0.3, -0.25) is 9.59 Å². The van der Waals surface area contributed by atoms with Crippen LogP contribution in [-0.2, 0) is 35.5 Å². The number of rotatable bonds is 14. The zero-order valence-electron chi connectivity index (χ0n) is 25.1. The van der Waals surface area contributed by atoms with Gasteiger partial charge < -0.3 is 31.7 Å². The first-order valence-corrected chi connectivity index (χ1v) is 15.2. The highest BCUT2D eigenvalue weighted by atomic mass is 35.5. The fourth-order valence-corrected chi connectivity index (χ4v) is 4.76. The highest BCUT2D eigenvalue weighted by Gasteiger charge is 2.27. The quantitative estimate of drug-likeness (QED) is 0.135. The predicted octanol–water partition coefficient (Wildman–Crippen LogP) is 4.97. The standard InChI is InChI=1S/C35H38ClN5O4/c1-2-45-30-18-12-25(13-19-30)21-32(41-35(44)39-29-16-14-28(36)15-17-29)34(43)40-31(20-24-6-4-3-5-7-24)33(42)38-23-27-10-8-26(22-37)9-11-27/h3-19,31-32H,2,20-23,37H2,1H3,(H,38,42)(H,40,43)(H2,39,41,44)/t31-,32?/m0/s1. The molecule has 0 aliphatic carbocycles. The summed E-state index contributed by atoms with van der Waals surface area (Å²) in [5, 5.41) is 11.9. The molecule has 0 heterocycles. The summed E-state index contributed by atoms with van der Waals surface area (Å²) in [4.78, 5) is 40.3. The van der Waals surface area contributed by atoms with Crippen molar-refractivity contribution in [2.45, 2.75) is 44.9 Å². The predicted molar refractivity (Wildman–Crippen MR) is 177 cm³/mol. The number of urea groups is 1. The maximum absolute atomic E-state index is 13.8. The van der Waals surface area contributed by atoms with E-state index >= 15 is 0 Å². The van der Waals surface area contributed by atoms with Crippen LogP contribution < -0.4 is 31.7 Å². The summed E-state index contributed by atoms with van der Waals surface area (Å²) in [6.45, 7) is 3.14. The summed E-state index contributed by atoms with van der Waals surface area (Å²) in [6, 6.07) is 28.5. The van der Waals surface area contributed by atoms with Crippen LogP contribution in [0.2, 0.25) is 5.02 Å². The summed E-state index contributed by atoms with van der Waals surface area (Å²) in [5.41, 5.74) is 9.78. The lowest BCUT2D eigenvalue weighted by Crippen LogP contribution is -2.55. The van der Waals surface area contributed by atoms with E-state index in [1.54, 1.807) is 24.3 Å². The number of nitrogens with two attached hydrogens (primary N) is 1. The van der Waals surface area contributed by atoms with E-state index < -0.39 is 24.0 Å². The van der Waals surface area contributed by atoms with Crippen LogP contribution in [0.1, 0.15) is 29.2 Å². The van der Waals surface area contributed by atoms with E-state index in [0.29, 0.717) is 29.6 Å². The van der Waals surface area contributed by atoms with Crippen molar-refractivity contribution in [3.8, 4) is 5.75 Å². The Morgan fingerprint density at radius 1 is 0.711 bits per heavy atom. The largest absolute Gasteiger partial charge is 0.494 e. The molecule has 0 bridgehead atoms. The Kier molecular flexibility index (Phi) is 12.4. The SMILES string of the molecule is CCOc1ccc(CC(NC(=O)Nc2ccc(Cl)cc2)C(=O)N[C@@H](Cc2ccccc2)C(=O)NCc2ccc(CN)cc2)cc1. The molecule has 9 nitrogen and oxygen atoms in total. The third-order valence-electron chi connectivity index (χ3n) is 7.04. The van der Waals surface area contributed by atoms with Crippen molar-refractivity contribution >= 4 is 35.1 Å². The van der Waals surface area contributed by atoms with Crippen LogP contribution in [0.3, 0.4) is 0 Å². The van der Waals surface area contributed by atoms with Gasteiger partial charge in [-0.2, -0.15) is 0 Å². The van der Waals surface area contributed by atoms with Gasteiger partial charge in [0.05, 0.1) is 6.61 Å². The number of amides is 4. The maximum Gasteiger partial charge on any atom is 0.319 e. The van der Waals surface area contributed by atoms with Crippen LogP contribution in [0, 0.1) is 0 Å². The van der Waals surface area contributed by atoms with E-state index in [1.165, 1.54) is 0 Å². The number of carbonyl (C=O) groups excluding carboxylic acids is 3. The lowest BCUT2D eigenvalue weighted by atomic mass is 10.0. The molecular formula is C35H38ClN5O4. The fraction of sp³-hybridized carbons (Fsp3) is 0.229. The van der Waals surface area contributed by atoms with E-state index in [0.717, 1.165) is 22.3 Å². The highest BCUT2D eigenvalue weighted by Crippen LogP contribution is 2.16. The van der Waals surface area contributed by atoms with Gasteiger partial charge in [-0.1, -0.05) is 78.3 Å².